The van der Waals surface area contributed by atoms with Gasteiger partial charge in [0, 0.05) is 23.2 Å². The normalized spacial score (nSPS) is 10.8. The lowest BCUT2D eigenvalue weighted by atomic mass is 10.1. The number of carbonyl (C=O) groups is 1. The zero-order valence-corrected chi connectivity index (χ0v) is 17.1. The number of methoxy groups -OCH3 is 1. The third-order valence-electron chi connectivity index (χ3n) is 4.67. The number of aromatic amines is 1. The topological polar surface area (TPSA) is 106 Å². The van der Waals surface area contributed by atoms with Gasteiger partial charge in [-0.1, -0.05) is 29.8 Å². The molecule has 0 aliphatic heterocycles. The summed E-state index contributed by atoms with van der Waals surface area (Å²) < 4.78 is 5.98. The molecular formula is C22H17ClN4O4. The summed E-state index contributed by atoms with van der Waals surface area (Å²) in [4.78, 5) is 44.8. The van der Waals surface area contributed by atoms with Crippen LogP contribution in [0.1, 0.15) is 15.9 Å². The van der Waals surface area contributed by atoms with Crippen LogP contribution >= 0.6 is 11.6 Å². The lowest BCUT2D eigenvalue weighted by Gasteiger charge is -2.09. The monoisotopic (exact) mass is 436 g/mol. The number of pyridine rings is 1. The first kappa shape index (κ1) is 20.4. The van der Waals surface area contributed by atoms with Gasteiger partial charge in [-0.3, -0.25) is 9.59 Å². The highest BCUT2D eigenvalue weighted by atomic mass is 35.5. The molecule has 0 radical (unpaired) electrons. The Morgan fingerprint density at radius 3 is 2.65 bits per heavy atom. The van der Waals surface area contributed by atoms with Crippen LogP contribution in [-0.4, -0.2) is 27.6 Å². The second-order valence-electron chi connectivity index (χ2n) is 6.68. The number of carbonyl (C=O) groups excluding carboxylic acids is 1. The molecule has 2 aromatic heterocycles. The van der Waals surface area contributed by atoms with Gasteiger partial charge in [-0.05, 0) is 42.0 Å². The van der Waals surface area contributed by atoms with Gasteiger partial charge in [0.2, 0.25) is 5.88 Å². The fourth-order valence-electron chi connectivity index (χ4n) is 3.10. The van der Waals surface area contributed by atoms with Crippen molar-refractivity contribution < 1.29 is 9.53 Å². The molecule has 9 heteroatoms. The molecule has 0 saturated carbocycles. The molecule has 4 aromatic rings. The number of amides is 1. The number of rotatable bonds is 5. The fraction of sp³-hybridized carbons (Fsp3) is 0.0909. The molecule has 156 valence electrons. The van der Waals surface area contributed by atoms with Crippen molar-refractivity contribution in [2.24, 2.45) is 0 Å². The third kappa shape index (κ3) is 4.19. The minimum atomic E-state index is -0.669. The molecule has 31 heavy (non-hydrogen) atoms. The van der Waals surface area contributed by atoms with Gasteiger partial charge in [-0.15, -0.1) is 0 Å². The number of hydrogen-bond donors (Lipinski definition) is 2. The number of halogens is 1. The number of ether oxygens (including phenoxy) is 1. The van der Waals surface area contributed by atoms with Gasteiger partial charge < -0.3 is 15.0 Å². The summed E-state index contributed by atoms with van der Waals surface area (Å²) in [5.74, 6) is 0.0743. The molecular weight excluding hydrogens is 420 g/mol. The van der Waals surface area contributed by atoms with Crippen molar-refractivity contribution in [3.05, 3.63) is 97.7 Å². The second kappa shape index (κ2) is 8.45. The summed E-state index contributed by atoms with van der Waals surface area (Å²) in [6.45, 7) is 0.313. The van der Waals surface area contributed by atoms with Crippen LogP contribution in [0.3, 0.4) is 0 Å². The van der Waals surface area contributed by atoms with E-state index in [9.17, 15) is 14.4 Å². The van der Waals surface area contributed by atoms with Crippen LogP contribution in [0.4, 0.5) is 0 Å². The van der Waals surface area contributed by atoms with Gasteiger partial charge in [0.15, 0.2) is 0 Å². The molecule has 0 fully saturated rings. The van der Waals surface area contributed by atoms with Gasteiger partial charge in [0.1, 0.15) is 5.82 Å². The van der Waals surface area contributed by atoms with E-state index in [0.717, 1.165) is 10.1 Å². The van der Waals surface area contributed by atoms with Crippen LogP contribution in [0.15, 0.2) is 70.3 Å². The summed E-state index contributed by atoms with van der Waals surface area (Å²) in [6.07, 6.45) is 0. The Kier molecular flexibility index (Phi) is 5.55. The minimum Gasteiger partial charge on any atom is -0.481 e. The van der Waals surface area contributed by atoms with Crippen molar-refractivity contribution in [3.63, 3.8) is 0 Å². The lowest BCUT2D eigenvalue weighted by Crippen LogP contribution is -2.34. The molecule has 1 amide bonds. The first-order valence-electron chi connectivity index (χ1n) is 9.29. The third-order valence-corrected chi connectivity index (χ3v) is 4.93. The van der Waals surface area contributed by atoms with Crippen molar-refractivity contribution in [3.8, 4) is 11.7 Å². The maximum Gasteiger partial charge on any atom is 0.334 e. The van der Waals surface area contributed by atoms with E-state index >= 15 is 0 Å². The predicted molar refractivity (Wildman–Crippen MR) is 117 cm³/mol. The number of fused-ring (bicyclic) bond motifs is 1. The zero-order valence-electron chi connectivity index (χ0n) is 16.4. The first-order chi connectivity index (χ1) is 15.0. The van der Waals surface area contributed by atoms with Crippen LogP contribution in [0.2, 0.25) is 5.02 Å². The Hall–Kier alpha value is -3.91. The van der Waals surface area contributed by atoms with E-state index in [1.165, 1.54) is 31.4 Å². The largest absolute Gasteiger partial charge is 0.481 e. The number of H-pyrrole nitrogens is 1. The first-order valence-corrected chi connectivity index (χ1v) is 9.67. The minimum absolute atomic E-state index is 0.136. The highest BCUT2D eigenvalue weighted by Crippen LogP contribution is 2.13. The number of aromatic nitrogens is 3. The standard InChI is InChI=1S/C22H17ClN4O4/c1-31-19-4-2-3-18(26-19)27-21(29)16-10-7-14(11-17(16)25-22(27)30)20(28)24-12-13-5-8-15(23)9-6-13/h2-11H,12H2,1H3,(H,24,28)(H,25,30). The van der Waals surface area contributed by atoms with Gasteiger partial charge in [-0.2, -0.15) is 4.98 Å². The average Bonchev–Trinajstić information content (AvgIpc) is 2.78. The molecule has 0 atom stereocenters. The van der Waals surface area contributed by atoms with E-state index in [2.05, 4.69) is 15.3 Å². The molecule has 2 aromatic carbocycles. The van der Waals surface area contributed by atoms with E-state index in [0.29, 0.717) is 17.1 Å². The van der Waals surface area contributed by atoms with Crippen molar-refractivity contribution >= 4 is 28.4 Å². The summed E-state index contributed by atoms with van der Waals surface area (Å²) in [5, 5.41) is 3.66. The van der Waals surface area contributed by atoms with Crippen molar-refractivity contribution in [2.75, 3.05) is 7.11 Å². The number of nitrogens with zero attached hydrogens (tertiary/aromatic N) is 2. The van der Waals surface area contributed by atoms with E-state index in [4.69, 9.17) is 16.3 Å². The smallest absolute Gasteiger partial charge is 0.334 e. The summed E-state index contributed by atoms with van der Waals surface area (Å²) in [5.41, 5.74) is 0.243. The molecule has 0 unspecified atom stereocenters. The Labute approximate surface area is 181 Å². The molecule has 0 spiro atoms. The van der Waals surface area contributed by atoms with Crippen LogP contribution in [0.5, 0.6) is 5.88 Å². The SMILES string of the molecule is COc1cccc(-n2c(=O)[nH]c3cc(C(=O)NCc4ccc(Cl)cc4)ccc3c2=O)n1. The maximum absolute atomic E-state index is 12.9. The molecule has 0 aliphatic rings. The van der Waals surface area contributed by atoms with Crippen LogP contribution < -0.4 is 21.3 Å². The Bertz CT molecular complexity index is 1390. The van der Waals surface area contributed by atoms with Gasteiger partial charge in [0.25, 0.3) is 11.5 Å². The average molecular weight is 437 g/mol. The fourth-order valence-corrected chi connectivity index (χ4v) is 3.22. The van der Waals surface area contributed by atoms with Crippen LogP contribution in [0, 0.1) is 0 Å². The van der Waals surface area contributed by atoms with Gasteiger partial charge in [0.05, 0.1) is 18.0 Å². The predicted octanol–water partition coefficient (Wildman–Crippen LogP) is 2.67. The van der Waals surface area contributed by atoms with Gasteiger partial charge in [-0.25, -0.2) is 9.36 Å². The maximum atomic E-state index is 12.9. The summed E-state index contributed by atoms with van der Waals surface area (Å²) in [6, 6.07) is 16.4. The lowest BCUT2D eigenvalue weighted by molar-refractivity contribution is 0.0951. The van der Waals surface area contributed by atoms with Crippen LogP contribution in [0.25, 0.3) is 16.7 Å². The van der Waals surface area contributed by atoms with Crippen molar-refractivity contribution in [1.82, 2.24) is 19.9 Å². The molecule has 0 saturated heterocycles. The zero-order chi connectivity index (χ0) is 22.0. The van der Waals surface area contributed by atoms with Gasteiger partial charge >= 0.3 is 5.69 Å². The van der Waals surface area contributed by atoms with Crippen molar-refractivity contribution in [2.45, 2.75) is 6.54 Å². The van der Waals surface area contributed by atoms with Crippen molar-refractivity contribution in [1.29, 1.82) is 0 Å². The highest BCUT2D eigenvalue weighted by molar-refractivity contribution is 6.30. The number of benzene rings is 2. The summed E-state index contributed by atoms with van der Waals surface area (Å²) >= 11 is 5.86. The van der Waals surface area contributed by atoms with E-state index in [1.807, 2.05) is 12.1 Å². The highest BCUT2D eigenvalue weighted by Gasteiger charge is 2.13. The summed E-state index contributed by atoms with van der Waals surface area (Å²) in [7, 11) is 1.44. The molecule has 2 N–H and O–H groups in total. The van der Waals surface area contributed by atoms with E-state index in [-0.39, 0.29) is 28.5 Å². The number of hydrogen-bond acceptors (Lipinski definition) is 5. The Morgan fingerprint density at radius 2 is 1.90 bits per heavy atom. The van der Waals surface area contributed by atoms with E-state index in [1.54, 1.807) is 24.3 Å². The molecule has 8 nitrogen and oxygen atoms in total. The number of nitrogens with one attached hydrogen (secondary N) is 2. The van der Waals surface area contributed by atoms with Crippen LogP contribution in [-0.2, 0) is 6.54 Å². The molecule has 4 rings (SSSR count). The van der Waals surface area contributed by atoms with E-state index < -0.39 is 11.2 Å². The second-order valence-corrected chi connectivity index (χ2v) is 7.11. The molecule has 0 aliphatic carbocycles. The quantitative estimate of drug-likeness (QED) is 0.500. The molecule has 2 heterocycles. The Morgan fingerprint density at radius 1 is 1.13 bits per heavy atom. The Balaban J connectivity index is 1.65. The molecule has 0 bridgehead atoms.